The van der Waals surface area contributed by atoms with E-state index in [0.29, 0.717) is 6.04 Å². The molecule has 3 nitrogen and oxygen atoms in total. The minimum atomic E-state index is 0.511. The molecule has 0 bridgehead atoms. The van der Waals surface area contributed by atoms with Crippen LogP contribution in [0.5, 0.6) is 5.75 Å². The van der Waals surface area contributed by atoms with Gasteiger partial charge >= 0.3 is 0 Å². The summed E-state index contributed by atoms with van der Waals surface area (Å²) >= 11 is 0. The number of nitrogens with two attached hydrogens (primary N) is 1. The number of hydrogen-bond donors (Lipinski definition) is 1. The highest BCUT2D eigenvalue weighted by molar-refractivity contribution is 5.41. The predicted octanol–water partition coefficient (Wildman–Crippen LogP) is 2.48. The summed E-state index contributed by atoms with van der Waals surface area (Å²) in [5.74, 6) is 0.967. The Morgan fingerprint density at radius 1 is 1.28 bits per heavy atom. The number of methoxy groups -OCH3 is 1. The smallest absolute Gasteiger partial charge is 0.122 e. The monoisotopic (exact) mass is 250 g/mol. The maximum Gasteiger partial charge on any atom is 0.122 e. The largest absolute Gasteiger partial charge is 0.496 e. The second-order valence-electron chi connectivity index (χ2n) is 5.09. The van der Waals surface area contributed by atoms with Gasteiger partial charge in [-0.15, -0.1) is 0 Å². The Labute approximate surface area is 111 Å². The first kappa shape index (κ1) is 15.0. The molecule has 3 heteroatoms. The fourth-order valence-electron chi connectivity index (χ4n) is 2.13. The van der Waals surface area contributed by atoms with Crippen LogP contribution in [0, 0.1) is 13.8 Å². The SMILES string of the molecule is COc1cc(C)c(CN(C)C(C)CCN)cc1C. The Balaban J connectivity index is 2.81. The summed E-state index contributed by atoms with van der Waals surface area (Å²) < 4.78 is 5.34. The zero-order valence-electron chi connectivity index (χ0n) is 12.3. The van der Waals surface area contributed by atoms with Gasteiger partial charge in [0.1, 0.15) is 5.75 Å². The molecule has 0 saturated heterocycles. The van der Waals surface area contributed by atoms with Crippen LogP contribution in [-0.4, -0.2) is 31.6 Å². The molecule has 1 rings (SSSR count). The number of nitrogens with zero attached hydrogens (tertiary/aromatic N) is 1. The molecule has 0 aliphatic carbocycles. The summed E-state index contributed by atoms with van der Waals surface area (Å²) in [6.45, 7) is 8.15. The lowest BCUT2D eigenvalue weighted by Crippen LogP contribution is -2.30. The third-order valence-electron chi connectivity index (χ3n) is 3.61. The van der Waals surface area contributed by atoms with Crippen molar-refractivity contribution in [2.24, 2.45) is 5.73 Å². The fourth-order valence-corrected chi connectivity index (χ4v) is 2.13. The lowest BCUT2D eigenvalue weighted by atomic mass is 10.0. The zero-order chi connectivity index (χ0) is 13.7. The number of aryl methyl sites for hydroxylation is 2. The quantitative estimate of drug-likeness (QED) is 0.843. The van der Waals surface area contributed by atoms with E-state index in [9.17, 15) is 0 Å². The molecule has 0 amide bonds. The van der Waals surface area contributed by atoms with E-state index in [-0.39, 0.29) is 0 Å². The van der Waals surface area contributed by atoms with Crippen LogP contribution in [0.4, 0.5) is 0 Å². The van der Waals surface area contributed by atoms with Crippen molar-refractivity contribution >= 4 is 0 Å². The molecule has 1 aromatic rings. The highest BCUT2D eigenvalue weighted by atomic mass is 16.5. The van der Waals surface area contributed by atoms with Crippen LogP contribution in [-0.2, 0) is 6.54 Å². The number of ether oxygens (including phenoxy) is 1. The molecular weight excluding hydrogens is 224 g/mol. The van der Waals surface area contributed by atoms with E-state index in [1.165, 1.54) is 16.7 Å². The third-order valence-corrected chi connectivity index (χ3v) is 3.61. The van der Waals surface area contributed by atoms with Crippen LogP contribution in [0.3, 0.4) is 0 Å². The molecule has 0 aliphatic heterocycles. The van der Waals surface area contributed by atoms with E-state index in [0.717, 1.165) is 25.3 Å². The highest BCUT2D eigenvalue weighted by Crippen LogP contribution is 2.23. The van der Waals surface area contributed by atoms with E-state index < -0.39 is 0 Å². The van der Waals surface area contributed by atoms with Gasteiger partial charge in [0.15, 0.2) is 0 Å². The van der Waals surface area contributed by atoms with Gasteiger partial charge in [0.2, 0.25) is 0 Å². The van der Waals surface area contributed by atoms with E-state index in [2.05, 4.69) is 44.9 Å². The highest BCUT2D eigenvalue weighted by Gasteiger charge is 2.11. The Hall–Kier alpha value is -1.06. The van der Waals surface area contributed by atoms with Gasteiger partial charge in [-0.05, 0) is 63.5 Å². The van der Waals surface area contributed by atoms with Crippen LogP contribution in [0.2, 0.25) is 0 Å². The lowest BCUT2D eigenvalue weighted by molar-refractivity contribution is 0.240. The molecule has 0 aliphatic rings. The fraction of sp³-hybridized carbons (Fsp3) is 0.600. The molecular formula is C15H26N2O. The maximum atomic E-state index is 5.61. The van der Waals surface area contributed by atoms with E-state index in [1.807, 2.05) is 0 Å². The molecule has 18 heavy (non-hydrogen) atoms. The second kappa shape index (κ2) is 6.76. The van der Waals surface area contributed by atoms with Gasteiger partial charge in [0.25, 0.3) is 0 Å². The second-order valence-corrected chi connectivity index (χ2v) is 5.09. The van der Waals surface area contributed by atoms with Gasteiger partial charge in [0.05, 0.1) is 7.11 Å². The van der Waals surface area contributed by atoms with Gasteiger partial charge in [-0.1, -0.05) is 6.07 Å². The predicted molar refractivity (Wildman–Crippen MR) is 77.1 cm³/mol. The van der Waals surface area contributed by atoms with Crippen LogP contribution in [0.15, 0.2) is 12.1 Å². The molecule has 102 valence electrons. The summed E-state index contributed by atoms with van der Waals surface area (Å²) in [5.41, 5.74) is 9.44. The topological polar surface area (TPSA) is 38.5 Å². The van der Waals surface area contributed by atoms with Crippen molar-refractivity contribution in [1.82, 2.24) is 4.90 Å². The van der Waals surface area contributed by atoms with E-state index in [1.54, 1.807) is 7.11 Å². The van der Waals surface area contributed by atoms with Gasteiger partial charge < -0.3 is 10.5 Å². The molecule has 2 N–H and O–H groups in total. The first-order chi connectivity index (χ1) is 8.49. The molecule has 0 heterocycles. The average Bonchev–Trinajstić information content (AvgIpc) is 2.33. The van der Waals surface area contributed by atoms with E-state index >= 15 is 0 Å². The first-order valence-electron chi connectivity index (χ1n) is 6.54. The number of hydrogen-bond acceptors (Lipinski definition) is 3. The van der Waals surface area contributed by atoms with Crippen molar-refractivity contribution in [3.63, 3.8) is 0 Å². The Bertz CT molecular complexity index is 390. The van der Waals surface area contributed by atoms with Gasteiger partial charge in [-0.3, -0.25) is 4.90 Å². The van der Waals surface area contributed by atoms with Crippen molar-refractivity contribution in [2.45, 2.75) is 39.8 Å². The Morgan fingerprint density at radius 3 is 2.50 bits per heavy atom. The zero-order valence-corrected chi connectivity index (χ0v) is 12.3. The molecule has 0 radical (unpaired) electrons. The number of rotatable bonds is 6. The van der Waals surface area contributed by atoms with Gasteiger partial charge in [0, 0.05) is 12.6 Å². The molecule has 1 unspecified atom stereocenters. The summed E-state index contributed by atoms with van der Waals surface area (Å²) in [4.78, 5) is 2.35. The summed E-state index contributed by atoms with van der Waals surface area (Å²) in [7, 11) is 3.87. The minimum Gasteiger partial charge on any atom is -0.496 e. The van der Waals surface area contributed by atoms with Crippen molar-refractivity contribution in [2.75, 3.05) is 20.7 Å². The molecule has 0 aromatic heterocycles. The lowest BCUT2D eigenvalue weighted by Gasteiger charge is -2.25. The minimum absolute atomic E-state index is 0.511. The third kappa shape index (κ3) is 3.72. The van der Waals surface area contributed by atoms with Crippen LogP contribution in [0.25, 0.3) is 0 Å². The number of benzene rings is 1. The van der Waals surface area contributed by atoms with E-state index in [4.69, 9.17) is 10.5 Å². The first-order valence-corrected chi connectivity index (χ1v) is 6.54. The van der Waals surface area contributed by atoms with Crippen molar-refractivity contribution < 1.29 is 4.74 Å². The normalized spacial score (nSPS) is 12.8. The van der Waals surface area contributed by atoms with Crippen LogP contribution >= 0.6 is 0 Å². The van der Waals surface area contributed by atoms with Crippen molar-refractivity contribution in [3.8, 4) is 5.75 Å². The van der Waals surface area contributed by atoms with Crippen LogP contribution < -0.4 is 10.5 Å². The Kier molecular flexibility index (Phi) is 5.63. The standard InChI is InChI=1S/C15H26N2O/c1-11-9-15(18-5)12(2)8-14(11)10-17(4)13(3)6-7-16/h8-9,13H,6-7,10,16H2,1-5H3. The average molecular weight is 250 g/mol. The maximum absolute atomic E-state index is 5.61. The summed E-state index contributed by atoms with van der Waals surface area (Å²) in [6, 6.07) is 4.85. The van der Waals surface area contributed by atoms with Crippen molar-refractivity contribution in [1.29, 1.82) is 0 Å². The van der Waals surface area contributed by atoms with Gasteiger partial charge in [-0.25, -0.2) is 0 Å². The molecule has 0 saturated carbocycles. The Morgan fingerprint density at radius 2 is 1.94 bits per heavy atom. The molecule has 0 spiro atoms. The molecule has 1 atom stereocenters. The molecule has 0 fully saturated rings. The van der Waals surface area contributed by atoms with Gasteiger partial charge in [-0.2, -0.15) is 0 Å². The summed E-state index contributed by atoms with van der Waals surface area (Å²) in [6.07, 6.45) is 1.03. The van der Waals surface area contributed by atoms with Crippen molar-refractivity contribution in [3.05, 3.63) is 28.8 Å². The van der Waals surface area contributed by atoms with Crippen LogP contribution in [0.1, 0.15) is 30.0 Å². The summed E-state index contributed by atoms with van der Waals surface area (Å²) in [5, 5.41) is 0. The molecule has 1 aromatic carbocycles.